The maximum Gasteiger partial charge on any atom is 0.328 e. The van der Waals surface area contributed by atoms with Gasteiger partial charge in [-0.3, -0.25) is 10.1 Å². The van der Waals surface area contributed by atoms with E-state index in [1.807, 2.05) is 0 Å². The molecular weight excluding hydrogens is 298 g/mol. The standard InChI is InChI=1S/C11H15N5O4S/c1-11(2,15-21(3,19)20)7-14-10-9(16(17)18)8(6-12)4-5-13-10/h4-5,15H,7H2,1-3H3,(H,13,14). The van der Waals surface area contributed by atoms with E-state index in [0.29, 0.717) is 0 Å². The summed E-state index contributed by atoms with van der Waals surface area (Å²) in [7, 11) is -3.42. The van der Waals surface area contributed by atoms with Gasteiger partial charge in [-0.1, -0.05) is 0 Å². The van der Waals surface area contributed by atoms with Crippen molar-refractivity contribution in [2.75, 3.05) is 18.1 Å². The van der Waals surface area contributed by atoms with E-state index in [9.17, 15) is 18.5 Å². The van der Waals surface area contributed by atoms with Crippen molar-refractivity contribution in [1.29, 1.82) is 5.26 Å². The van der Waals surface area contributed by atoms with Crippen molar-refractivity contribution in [3.05, 3.63) is 27.9 Å². The Bertz CT molecular complexity index is 693. The summed E-state index contributed by atoms with van der Waals surface area (Å²) in [6.45, 7) is 3.28. The second-order valence-electron chi connectivity index (χ2n) is 5.04. The molecule has 1 rings (SSSR count). The van der Waals surface area contributed by atoms with Crippen LogP contribution in [0.5, 0.6) is 0 Å². The Morgan fingerprint density at radius 3 is 2.62 bits per heavy atom. The fourth-order valence-corrected chi connectivity index (χ4v) is 2.78. The molecule has 0 fully saturated rings. The van der Waals surface area contributed by atoms with Gasteiger partial charge in [0.25, 0.3) is 0 Å². The van der Waals surface area contributed by atoms with E-state index in [0.717, 1.165) is 6.26 Å². The molecule has 1 aromatic heterocycles. The molecule has 0 saturated heterocycles. The van der Waals surface area contributed by atoms with Crippen molar-refractivity contribution in [2.24, 2.45) is 0 Å². The lowest BCUT2D eigenvalue weighted by Gasteiger charge is -2.25. The van der Waals surface area contributed by atoms with E-state index < -0.39 is 26.2 Å². The van der Waals surface area contributed by atoms with Gasteiger partial charge in [0.1, 0.15) is 11.6 Å². The minimum atomic E-state index is -3.42. The van der Waals surface area contributed by atoms with Crippen molar-refractivity contribution in [1.82, 2.24) is 9.71 Å². The number of aromatic nitrogens is 1. The van der Waals surface area contributed by atoms with Gasteiger partial charge < -0.3 is 5.32 Å². The number of nitrogens with one attached hydrogen (secondary N) is 2. The summed E-state index contributed by atoms with van der Waals surface area (Å²) in [4.78, 5) is 14.1. The zero-order valence-electron chi connectivity index (χ0n) is 11.7. The number of sulfonamides is 1. The van der Waals surface area contributed by atoms with Crippen LogP contribution in [0, 0.1) is 21.4 Å². The zero-order chi connectivity index (χ0) is 16.3. The number of pyridine rings is 1. The van der Waals surface area contributed by atoms with Gasteiger partial charge in [-0.25, -0.2) is 18.1 Å². The zero-order valence-corrected chi connectivity index (χ0v) is 12.6. The van der Waals surface area contributed by atoms with Crippen LogP contribution in [0.15, 0.2) is 12.3 Å². The summed E-state index contributed by atoms with van der Waals surface area (Å²) < 4.78 is 24.8. The van der Waals surface area contributed by atoms with Crippen molar-refractivity contribution in [3.8, 4) is 6.07 Å². The molecular formula is C11H15N5O4S. The van der Waals surface area contributed by atoms with E-state index in [-0.39, 0.29) is 17.9 Å². The smallest absolute Gasteiger partial charge is 0.328 e. The van der Waals surface area contributed by atoms with Gasteiger partial charge in [-0.05, 0) is 19.9 Å². The Morgan fingerprint density at radius 2 is 2.14 bits per heavy atom. The molecule has 1 aromatic rings. The average Bonchev–Trinajstić information content (AvgIpc) is 2.32. The predicted octanol–water partition coefficient (Wildman–Crippen LogP) is 0.601. The number of hydrogen-bond donors (Lipinski definition) is 2. The van der Waals surface area contributed by atoms with Gasteiger partial charge in [-0.2, -0.15) is 5.26 Å². The minimum absolute atomic E-state index is 0.0583. The van der Waals surface area contributed by atoms with Gasteiger partial charge in [-0.15, -0.1) is 0 Å². The van der Waals surface area contributed by atoms with Crippen LogP contribution in [0.25, 0.3) is 0 Å². The fourth-order valence-electron chi connectivity index (χ4n) is 1.70. The lowest BCUT2D eigenvalue weighted by Crippen LogP contribution is -2.47. The van der Waals surface area contributed by atoms with Crippen molar-refractivity contribution < 1.29 is 13.3 Å². The van der Waals surface area contributed by atoms with E-state index >= 15 is 0 Å². The summed E-state index contributed by atoms with van der Waals surface area (Å²) in [5.41, 5.74) is -1.44. The summed E-state index contributed by atoms with van der Waals surface area (Å²) in [5.74, 6) is -0.0811. The van der Waals surface area contributed by atoms with Crippen LogP contribution in [0.2, 0.25) is 0 Å². The molecule has 0 saturated carbocycles. The maximum atomic E-state index is 11.2. The third-order valence-electron chi connectivity index (χ3n) is 2.39. The number of nitrogens with zero attached hydrogens (tertiary/aromatic N) is 3. The van der Waals surface area contributed by atoms with Crippen molar-refractivity contribution >= 4 is 21.5 Å². The fraction of sp³-hybridized carbons (Fsp3) is 0.455. The molecule has 0 radical (unpaired) electrons. The Hall–Kier alpha value is -2.25. The van der Waals surface area contributed by atoms with Crippen LogP contribution in [-0.2, 0) is 10.0 Å². The SMILES string of the molecule is CC(C)(CNc1nccc(C#N)c1[N+](=O)[O-])NS(C)(=O)=O. The molecule has 0 unspecified atom stereocenters. The summed E-state index contributed by atoms with van der Waals surface area (Å²) >= 11 is 0. The van der Waals surface area contributed by atoms with Gasteiger partial charge in [0.2, 0.25) is 15.8 Å². The molecule has 1 heterocycles. The van der Waals surface area contributed by atoms with Crippen LogP contribution in [0.1, 0.15) is 19.4 Å². The second-order valence-corrected chi connectivity index (χ2v) is 6.78. The number of anilines is 1. The van der Waals surface area contributed by atoms with Gasteiger partial charge >= 0.3 is 5.69 Å². The lowest BCUT2D eigenvalue weighted by molar-refractivity contribution is -0.384. The van der Waals surface area contributed by atoms with Gasteiger partial charge in [0, 0.05) is 18.3 Å². The highest BCUT2D eigenvalue weighted by molar-refractivity contribution is 7.88. The first-order valence-corrected chi connectivity index (χ1v) is 7.71. The molecule has 114 valence electrons. The van der Waals surface area contributed by atoms with E-state index in [1.54, 1.807) is 19.9 Å². The minimum Gasteiger partial charge on any atom is -0.362 e. The summed E-state index contributed by atoms with van der Waals surface area (Å²) in [6.07, 6.45) is 2.29. The van der Waals surface area contributed by atoms with Crippen molar-refractivity contribution in [2.45, 2.75) is 19.4 Å². The van der Waals surface area contributed by atoms with Crippen LogP contribution in [-0.4, -0.2) is 36.7 Å². The summed E-state index contributed by atoms with van der Waals surface area (Å²) in [6, 6.07) is 2.96. The second kappa shape index (κ2) is 6.02. The highest BCUT2D eigenvalue weighted by Crippen LogP contribution is 2.26. The molecule has 0 amide bonds. The Kier molecular flexibility index (Phi) is 4.82. The molecule has 0 bridgehead atoms. The molecule has 0 aliphatic carbocycles. The topological polar surface area (TPSA) is 138 Å². The normalized spacial score (nSPS) is 11.7. The number of nitriles is 1. The quantitative estimate of drug-likeness (QED) is 0.579. The van der Waals surface area contributed by atoms with Crippen LogP contribution in [0.4, 0.5) is 11.5 Å². The third-order valence-corrected chi connectivity index (χ3v) is 3.31. The molecule has 0 aliphatic rings. The number of rotatable bonds is 6. The first-order chi connectivity index (χ1) is 9.56. The first kappa shape index (κ1) is 16.8. The van der Waals surface area contributed by atoms with E-state index in [2.05, 4.69) is 15.0 Å². The monoisotopic (exact) mass is 313 g/mol. The Balaban J connectivity index is 3.00. The average molecular weight is 313 g/mol. The predicted molar refractivity (Wildman–Crippen MR) is 76.2 cm³/mol. The molecule has 10 heteroatoms. The van der Waals surface area contributed by atoms with Crippen LogP contribution in [0.3, 0.4) is 0 Å². The van der Waals surface area contributed by atoms with Crippen LogP contribution < -0.4 is 10.0 Å². The Morgan fingerprint density at radius 1 is 1.52 bits per heavy atom. The molecule has 9 nitrogen and oxygen atoms in total. The van der Waals surface area contributed by atoms with Gasteiger partial charge in [0.05, 0.1) is 11.2 Å². The number of hydrogen-bond acceptors (Lipinski definition) is 7. The number of nitro groups is 1. The molecule has 0 spiro atoms. The third kappa shape index (κ3) is 4.97. The molecule has 2 N–H and O–H groups in total. The largest absolute Gasteiger partial charge is 0.362 e. The lowest BCUT2D eigenvalue weighted by atomic mass is 10.1. The van der Waals surface area contributed by atoms with E-state index in [4.69, 9.17) is 5.26 Å². The molecule has 0 atom stereocenters. The first-order valence-electron chi connectivity index (χ1n) is 5.82. The van der Waals surface area contributed by atoms with E-state index in [1.165, 1.54) is 12.3 Å². The van der Waals surface area contributed by atoms with Crippen LogP contribution >= 0.6 is 0 Å². The highest BCUT2D eigenvalue weighted by atomic mass is 32.2. The van der Waals surface area contributed by atoms with Gasteiger partial charge in [0.15, 0.2) is 0 Å². The highest BCUT2D eigenvalue weighted by Gasteiger charge is 2.26. The Labute approximate surface area is 122 Å². The summed E-state index contributed by atoms with van der Waals surface area (Å²) in [5, 5.41) is 22.6. The molecule has 21 heavy (non-hydrogen) atoms. The maximum absolute atomic E-state index is 11.2. The van der Waals surface area contributed by atoms with Crippen molar-refractivity contribution in [3.63, 3.8) is 0 Å². The molecule has 0 aliphatic heterocycles. The molecule has 0 aromatic carbocycles.